The van der Waals surface area contributed by atoms with Gasteiger partial charge in [0, 0.05) is 31.0 Å². The average Bonchev–Trinajstić information content (AvgIpc) is 3.44. The zero-order valence-electron chi connectivity index (χ0n) is 23.2. The van der Waals surface area contributed by atoms with Crippen LogP contribution >= 0.6 is 0 Å². The molecule has 2 saturated carbocycles. The normalized spacial score (nSPS) is 30.6. The van der Waals surface area contributed by atoms with Crippen LogP contribution in [0.2, 0.25) is 0 Å². The summed E-state index contributed by atoms with van der Waals surface area (Å²) in [7, 11) is 2.13. The minimum absolute atomic E-state index is 0.0259. The number of piperidine rings is 1. The SMILES string of the molecule is C[C@H]1CCCCN1Cc1cc(C(F)(F)F)c2cn(C3CCCC([C@@H](C4CCC4)C4NNCN4C)C3)c(=O)n2c1. The van der Waals surface area contributed by atoms with E-state index in [1.165, 1.54) is 35.9 Å². The van der Waals surface area contributed by atoms with Crippen LogP contribution in [0.1, 0.15) is 88.3 Å². The minimum Gasteiger partial charge on any atom is -0.296 e. The molecule has 6 rings (SSSR count). The molecule has 2 saturated heterocycles. The van der Waals surface area contributed by atoms with E-state index in [-0.39, 0.29) is 23.4 Å². The van der Waals surface area contributed by atoms with E-state index >= 15 is 0 Å². The maximum absolute atomic E-state index is 14.3. The van der Waals surface area contributed by atoms with Crippen molar-refractivity contribution in [1.82, 2.24) is 29.6 Å². The average molecular weight is 549 g/mol. The van der Waals surface area contributed by atoms with Gasteiger partial charge in [-0.1, -0.05) is 32.1 Å². The van der Waals surface area contributed by atoms with Gasteiger partial charge in [0.1, 0.15) is 0 Å². The Hall–Kier alpha value is -1.88. The standard InChI is InChI=1S/C29H43F3N6O/c1-19-7-3-4-12-36(19)15-20-13-24(29(30,31)32)25-17-37(28(39)38(25)16-20)23-11-6-10-22(14-23)26(21-8-5-9-21)27-34-33-18-35(27)2/h13,16-17,19,21-23,26-27,33-34H,3-12,14-15,18H2,1-2H3/t19-,22?,23?,26+,27?/m0/s1. The summed E-state index contributed by atoms with van der Waals surface area (Å²) in [6, 6.07) is 1.52. The highest BCUT2D eigenvalue weighted by Crippen LogP contribution is 2.47. The van der Waals surface area contributed by atoms with Crippen LogP contribution in [0, 0.1) is 17.8 Å². The van der Waals surface area contributed by atoms with Crippen molar-refractivity contribution in [3.63, 3.8) is 0 Å². The number of pyridine rings is 1. The van der Waals surface area contributed by atoms with Gasteiger partial charge in [-0.05, 0) is 82.0 Å². The number of aromatic nitrogens is 2. The third-order valence-electron chi connectivity index (χ3n) is 10.2. The molecule has 0 bridgehead atoms. The van der Waals surface area contributed by atoms with Crippen LogP contribution in [0.3, 0.4) is 0 Å². The summed E-state index contributed by atoms with van der Waals surface area (Å²) in [6.07, 6.45) is 9.65. The van der Waals surface area contributed by atoms with Crippen LogP contribution in [-0.4, -0.2) is 51.2 Å². The summed E-state index contributed by atoms with van der Waals surface area (Å²) in [5.74, 6) is 1.57. The van der Waals surface area contributed by atoms with E-state index in [1.54, 1.807) is 10.8 Å². The quantitative estimate of drug-likeness (QED) is 0.534. The maximum Gasteiger partial charge on any atom is 0.418 e. The monoisotopic (exact) mass is 548 g/mol. The molecule has 4 aliphatic rings. The summed E-state index contributed by atoms with van der Waals surface area (Å²) >= 11 is 0. The summed E-state index contributed by atoms with van der Waals surface area (Å²) < 4.78 is 45.8. The van der Waals surface area contributed by atoms with Gasteiger partial charge in [-0.15, -0.1) is 0 Å². The van der Waals surface area contributed by atoms with Gasteiger partial charge in [-0.25, -0.2) is 15.6 Å². The van der Waals surface area contributed by atoms with Crippen molar-refractivity contribution < 1.29 is 13.2 Å². The lowest BCUT2D eigenvalue weighted by molar-refractivity contribution is -0.136. The number of hydrogen-bond donors (Lipinski definition) is 2. The number of alkyl halides is 3. The summed E-state index contributed by atoms with van der Waals surface area (Å²) in [6.45, 7) is 4.24. The number of likely N-dealkylation sites (tertiary alicyclic amines) is 1. The Labute approximate surface area is 228 Å². The van der Waals surface area contributed by atoms with E-state index in [2.05, 4.69) is 34.6 Å². The smallest absolute Gasteiger partial charge is 0.296 e. The van der Waals surface area contributed by atoms with Crippen molar-refractivity contribution in [2.24, 2.45) is 17.8 Å². The molecular weight excluding hydrogens is 505 g/mol. The Morgan fingerprint density at radius 3 is 2.46 bits per heavy atom. The molecule has 2 aromatic heterocycles. The van der Waals surface area contributed by atoms with Crippen LogP contribution in [0.5, 0.6) is 0 Å². The van der Waals surface area contributed by atoms with Gasteiger partial charge >= 0.3 is 11.9 Å². The van der Waals surface area contributed by atoms with Crippen molar-refractivity contribution in [3.8, 4) is 0 Å². The van der Waals surface area contributed by atoms with Crippen molar-refractivity contribution in [2.45, 2.75) is 102 Å². The first kappa shape index (κ1) is 27.3. The minimum atomic E-state index is -4.52. The summed E-state index contributed by atoms with van der Waals surface area (Å²) in [5.41, 5.74) is 6.24. The van der Waals surface area contributed by atoms with Crippen LogP contribution in [0.25, 0.3) is 5.52 Å². The zero-order chi connectivity index (χ0) is 27.3. The number of imidazole rings is 1. The van der Waals surface area contributed by atoms with E-state index in [4.69, 9.17) is 0 Å². The molecule has 0 radical (unpaired) electrons. The first-order chi connectivity index (χ1) is 18.7. The number of rotatable bonds is 6. The molecule has 10 heteroatoms. The number of fused-ring (bicyclic) bond motifs is 1. The molecule has 2 aromatic rings. The largest absolute Gasteiger partial charge is 0.418 e. The van der Waals surface area contributed by atoms with Crippen molar-refractivity contribution in [1.29, 1.82) is 0 Å². The number of hydrazine groups is 1. The van der Waals surface area contributed by atoms with Gasteiger partial charge in [-0.2, -0.15) is 13.2 Å². The fourth-order valence-corrected chi connectivity index (χ4v) is 7.87. The highest BCUT2D eigenvalue weighted by molar-refractivity contribution is 5.56. The van der Waals surface area contributed by atoms with Crippen LogP contribution < -0.4 is 16.5 Å². The lowest BCUT2D eigenvalue weighted by Gasteiger charge is -2.46. The number of nitrogens with zero attached hydrogens (tertiary/aromatic N) is 4. The molecule has 4 fully saturated rings. The van der Waals surface area contributed by atoms with E-state index in [0.29, 0.717) is 35.9 Å². The van der Waals surface area contributed by atoms with Crippen LogP contribution in [0.4, 0.5) is 13.2 Å². The lowest BCUT2D eigenvalue weighted by atomic mass is 9.65. The Morgan fingerprint density at radius 2 is 1.79 bits per heavy atom. The molecule has 0 spiro atoms. The van der Waals surface area contributed by atoms with E-state index in [1.807, 2.05) is 0 Å². The molecule has 0 amide bonds. The van der Waals surface area contributed by atoms with E-state index in [9.17, 15) is 18.0 Å². The van der Waals surface area contributed by atoms with Gasteiger partial charge in [0.25, 0.3) is 0 Å². The van der Waals surface area contributed by atoms with Crippen LogP contribution in [-0.2, 0) is 12.7 Å². The molecule has 0 aromatic carbocycles. The molecule has 3 unspecified atom stereocenters. The van der Waals surface area contributed by atoms with Gasteiger partial charge in [0.05, 0.1) is 23.9 Å². The highest BCUT2D eigenvalue weighted by atomic mass is 19.4. The molecule has 216 valence electrons. The van der Waals surface area contributed by atoms with Gasteiger partial charge < -0.3 is 0 Å². The Balaban J connectivity index is 1.31. The number of hydrogen-bond acceptors (Lipinski definition) is 5. The highest BCUT2D eigenvalue weighted by Gasteiger charge is 2.44. The molecule has 2 aliphatic heterocycles. The second kappa shape index (κ2) is 10.8. The number of halogens is 3. The fraction of sp³-hybridized carbons (Fsp3) is 0.759. The van der Waals surface area contributed by atoms with Gasteiger partial charge in [0.15, 0.2) is 0 Å². The first-order valence-corrected chi connectivity index (χ1v) is 15.0. The van der Waals surface area contributed by atoms with Crippen molar-refractivity contribution >= 4 is 5.52 Å². The number of nitrogens with one attached hydrogen (secondary N) is 2. The third kappa shape index (κ3) is 5.29. The van der Waals surface area contributed by atoms with E-state index in [0.717, 1.165) is 58.2 Å². The lowest BCUT2D eigenvalue weighted by Crippen LogP contribution is -2.50. The van der Waals surface area contributed by atoms with Crippen molar-refractivity contribution in [2.75, 3.05) is 20.3 Å². The molecule has 2 N–H and O–H groups in total. The van der Waals surface area contributed by atoms with Crippen molar-refractivity contribution in [3.05, 3.63) is 40.1 Å². The second-order valence-corrected chi connectivity index (χ2v) is 12.7. The molecular formula is C29H43F3N6O. The molecule has 2 aliphatic carbocycles. The second-order valence-electron chi connectivity index (χ2n) is 12.7. The summed E-state index contributed by atoms with van der Waals surface area (Å²) in [4.78, 5) is 18.3. The molecule has 7 nitrogen and oxygen atoms in total. The predicted molar refractivity (Wildman–Crippen MR) is 145 cm³/mol. The predicted octanol–water partition coefficient (Wildman–Crippen LogP) is 4.97. The zero-order valence-corrected chi connectivity index (χ0v) is 23.2. The molecule has 39 heavy (non-hydrogen) atoms. The van der Waals surface area contributed by atoms with Crippen LogP contribution in [0.15, 0.2) is 23.3 Å². The Morgan fingerprint density at radius 1 is 1.03 bits per heavy atom. The molecule has 4 heterocycles. The van der Waals surface area contributed by atoms with E-state index < -0.39 is 11.7 Å². The maximum atomic E-state index is 14.3. The Bertz CT molecular complexity index is 1220. The Kier molecular flexibility index (Phi) is 7.58. The summed E-state index contributed by atoms with van der Waals surface area (Å²) in [5, 5.41) is 0. The third-order valence-corrected chi connectivity index (χ3v) is 10.2. The van der Waals surface area contributed by atoms with Gasteiger partial charge in [-0.3, -0.25) is 18.8 Å². The first-order valence-electron chi connectivity index (χ1n) is 15.0. The topological polar surface area (TPSA) is 57.0 Å². The molecule has 5 atom stereocenters. The fourth-order valence-electron chi connectivity index (χ4n) is 7.87. The van der Waals surface area contributed by atoms with Gasteiger partial charge in [0.2, 0.25) is 0 Å².